The number of pyridine rings is 1. The molecule has 0 bridgehead atoms. The molecule has 0 aliphatic carbocycles. The molecule has 0 saturated carbocycles. The normalized spacial score (nSPS) is 22.0. The summed E-state index contributed by atoms with van der Waals surface area (Å²) in [6, 6.07) is 6.08. The van der Waals surface area contributed by atoms with Crippen LogP contribution >= 0.6 is 0 Å². The highest BCUT2D eigenvalue weighted by Crippen LogP contribution is 2.27. The Morgan fingerprint density at radius 2 is 2.17 bits per heavy atom. The van der Waals surface area contributed by atoms with E-state index in [-0.39, 0.29) is 12.1 Å². The molecule has 5 heteroatoms. The lowest BCUT2D eigenvalue weighted by Gasteiger charge is -2.39. The molecule has 0 spiro atoms. The number of ether oxygens (including phenoxy) is 2. The van der Waals surface area contributed by atoms with E-state index in [2.05, 4.69) is 11.1 Å². The van der Waals surface area contributed by atoms with Crippen molar-refractivity contribution in [1.82, 2.24) is 9.88 Å². The SMILES string of the molecule is COCC1CC(Cc2ccccn2)CCN1C(=O)OC(C)(C)C. The molecule has 1 aliphatic rings. The number of carbonyl (C=O) groups excluding carboxylic acids is 1. The second-order valence-electron chi connectivity index (χ2n) is 7.20. The van der Waals surface area contributed by atoms with Gasteiger partial charge >= 0.3 is 6.09 Å². The van der Waals surface area contributed by atoms with E-state index in [1.165, 1.54) is 0 Å². The highest BCUT2D eigenvalue weighted by Gasteiger charge is 2.34. The maximum atomic E-state index is 12.4. The fourth-order valence-electron chi connectivity index (χ4n) is 3.05. The third-order valence-electron chi connectivity index (χ3n) is 4.04. The summed E-state index contributed by atoms with van der Waals surface area (Å²) < 4.78 is 10.9. The van der Waals surface area contributed by atoms with E-state index < -0.39 is 5.60 Å². The highest BCUT2D eigenvalue weighted by atomic mass is 16.6. The van der Waals surface area contributed by atoms with Crippen LogP contribution in [-0.2, 0) is 15.9 Å². The number of hydrogen-bond acceptors (Lipinski definition) is 4. The van der Waals surface area contributed by atoms with E-state index in [1.54, 1.807) is 7.11 Å². The molecule has 2 rings (SSSR count). The third-order valence-corrected chi connectivity index (χ3v) is 4.04. The van der Waals surface area contributed by atoms with Crippen LogP contribution in [0.4, 0.5) is 4.79 Å². The van der Waals surface area contributed by atoms with E-state index in [9.17, 15) is 4.79 Å². The fourth-order valence-corrected chi connectivity index (χ4v) is 3.05. The van der Waals surface area contributed by atoms with E-state index >= 15 is 0 Å². The first-order chi connectivity index (χ1) is 10.9. The topological polar surface area (TPSA) is 51.7 Å². The first-order valence-corrected chi connectivity index (χ1v) is 8.27. The third kappa shape index (κ3) is 5.50. The molecule has 1 saturated heterocycles. The standard InChI is InChI=1S/C18H28N2O3/c1-18(2,3)23-17(21)20-10-8-14(12-16(20)13-22-4)11-15-7-5-6-9-19-15/h5-7,9,14,16H,8,10-13H2,1-4H3. The molecule has 2 heterocycles. The molecule has 0 aromatic carbocycles. The molecular formula is C18H28N2O3. The van der Waals surface area contributed by atoms with E-state index in [0.29, 0.717) is 19.1 Å². The minimum absolute atomic E-state index is 0.0670. The zero-order chi connectivity index (χ0) is 16.9. The average molecular weight is 320 g/mol. The van der Waals surface area contributed by atoms with Crippen molar-refractivity contribution < 1.29 is 14.3 Å². The number of likely N-dealkylation sites (tertiary alicyclic amines) is 1. The summed E-state index contributed by atoms with van der Waals surface area (Å²) in [6.07, 6.45) is 4.43. The lowest BCUT2D eigenvalue weighted by atomic mass is 9.87. The van der Waals surface area contributed by atoms with Gasteiger partial charge in [-0.3, -0.25) is 4.98 Å². The summed E-state index contributed by atoms with van der Waals surface area (Å²) >= 11 is 0. The van der Waals surface area contributed by atoms with Crippen molar-refractivity contribution in [3.63, 3.8) is 0 Å². The first-order valence-electron chi connectivity index (χ1n) is 8.27. The van der Waals surface area contributed by atoms with Gasteiger partial charge in [-0.2, -0.15) is 0 Å². The Labute approximate surface area is 139 Å². The minimum Gasteiger partial charge on any atom is -0.444 e. The lowest BCUT2D eigenvalue weighted by Crippen LogP contribution is -2.50. The van der Waals surface area contributed by atoms with Gasteiger partial charge in [0.25, 0.3) is 0 Å². The van der Waals surface area contributed by atoms with Gasteiger partial charge in [-0.05, 0) is 58.1 Å². The Bertz CT molecular complexity index is 499. The van der Waals surface area contributed by atoms with Gasteiger partial charge in [-0.25, -0.2) is 4.79 Å². The predicted octanol–water partition coefficient (Wildman–Crippen LogP) is 3.29. The molecule has 0 radical (unpaired) electrons. The van der Waals surface area contributed by atoms with Crippen LogP contribution in [0, 0.1) is 5.92 Å². The zero-order valence-electron chi connectivity index (χ0n) is 14.6. The van der Waals surface area contributed by atoms with Gasteiger partial charge in [0.05, 0.1) is 12.6 Å². The summed E-state index contributed by atoms with van der Waals surface area (Å²) in [6.45, 7) is 6.93. The van der Waals surface area contributed by atoms with Crippen molar-refractivity contribution in [3.05, 3.63) is 30.1 Å². The van der Waals surface area contributed by atoms with Crippen molar-refractivity contribution in [3.8, 4) is 0 Å². The molecule has 1 amide bonds. The second kappa shape index (κ2) is 7.77. The van der Waals surface area contributed by atoms with Gasteiger partial charge in [0.15, 0.2) is 0 Å². The van der Waals surface area contributed by atoms with Crippen LogP contribution in [0.15, 0.2) is 24.4 Å². The van der Waals surface area contributed by atoms with E-state index in [4.69, 9.17) is 9.47 Å². The quantitative estimate of drug-likeness (QED) is 0.854. The van der Waals surface area contributed by atoms with Crippen LogP contribution in [0.3, 0.4) is 0 Å². The smallest absolute Gasteiger partial charge is 0.410 e. The van der Waals surface area contributed by atoms with E-state index in [1.807, 2.05) is 44.0 Å². The summed E-state index contributed by atoms with van der Waals surface area (Å²) in [7, 11) is 1.68. The number of carbonyl (C=O) groups is 1. The molecule has 23 heavy (non-hydrogen) atoms. The highest BCUT2D eigenvalue weighted by molar-refractivity contribution is 5.68. The van der Waals surface area contributed by atoms with Crippen LogP contribution in [0.25, 0.3) is 0 Å². The Balaban J connectivity index is 1.98. The number of nitrogens with zero attached hydrogens (tertiary/aromatic N) is 2. The summed E-state index contributed by atoms with van der Waals surface area (Å²) in [5.74, 6) is 0.517. The van der Waals surface area contributed by atoms with Crippen molar-refractivity contribution in [2.24, 2.45) is 5.92 Å². The predicted molar refractivity (Wildman–Crippen MR) is 89.3 cm³/mol. The maximum absolute atomic E-state index is 12.4. The minimum atomic E-state index is -0.473. The first kappa shape index (κ1) is 17.7. The molecule has 2 atom stereocenters. The molecule has 128 valence electrons. The van der Waals surface area contributed by atoms with Gasteiger partial charge < -0.3 is 14.4 Å². The fraction of sp³-hybridized carbons (Fsp3) is 0.667. The molecule has 1 fully saturated rings. The van der Waals surface area contributed by atoms with Crippen molar-refractivity contribution in [2.45, 2.75) is 51.7 Å². The van der Waals surface area contributed by atoms with Crippen LogP contribution in [-0.4, -0.2) is 47.9 Å². The number of piperidine rings is 1. The lowest BCUT2D eigenvalue weighted by molar-refractivity contribution is -0.00910. The second-order valence-corrected chi connectivity index (χ2v) is 7.20. The number of rotatable bonds is 4. The summed E-state index contributed by atoms with van der Waals surface area (Å²) in [4.78, 5) is 18.6. The Morgan fingerprint density at radius 1 is 1.39 bits per heavy atom. The van der Waals surface area contributed by atoms with Gasteiger partial charge in [0.1, 0.15) is 5.60 Å². The van der Waals surface area contributed by atoms with E-state index in [0.717, 1.165) is 25.0 Å². The van der Waals surface area contributed by atoms with Gasteiger partial charge in [0, 0.05) is 25.5 Å². The Hall–Kier alpha value is -1.62. The molecular weight excluding hydrogens is 292 g/mol. The van der Waals surface area contributed by atoms with Crippen molar-refractivity contribution >= 4 is 6.09 Å². The maximum Gasteiger partial charge on any atom is 0.410 e. The van der Waals surface area contributed by atoms with Crippen molar-refractivity contribution in [2.75, 3.05) is 20.3 Å². The molecule has 2 unspecified atom stereocenters. The molecule has 5 nitrogen and oxygen atoms in total. The average Bonchev–Trinajstić information content (AvgIpc) is 2.47. The summed E-state index contributed by atoms with van der Waals surface area (Å²) in [5.41, 5.74) is 0.638. The van der Waals surface area contributed by atoms with Gasteiger partial charge in [-0.1, -0.05) is 6.07 Å². The van der Waals surface area contributed by atoms with Crippen LogP contribution in [0.1, 0.15) is 39.3 Å². The largest absolute Gasteiger partial charge is 0.444 e. The Morgan fingerprint density at radius 3 is 2.78 bits per heavy atom. The Kier molecular flexibility index (Phi) is 5.99. The molecule has 1 aliphatic heterocycles. The van der Waals surface area contributed by atoms with Gasteiger partial charge in [-0.15, -0.1) is 0 Å². The van der Waals surface area contributed by atoms with Crippen LogP contribution in [0.2, 0.25) is 0 Å². The number of methoxy groups -OCH3 is 1. The molecule has 0 N–H and O–H groups in total. The number of amides is 1. The van der Waals surface area contributed by atoms with Crippen molar-refractivity contribution in [1.29, 1.82) is 0 Å². The van der Waals surface area contributed by atoms with Crippen LogP contribution < -0.4 is 0 Å². The van der Waals surface area contributed by atoms with Crippen LogP contribution in [0.5, 0.6) is 0 Å². The zero-order valence-corrected chi connectivity index (χ0v) is 14.6. The summed E-state index contributed by atoms with van der Waals surface area (Å²) in [5, 5.41) is 0. The molecule has 1 aromatic rings. The number of aromatic nitrogens is 1. The monoisotopic (exact) mass is 320 g/mol. The molecule has 1 aromatic heterocycles. The van der Waals surface area contributed by atoms with Gasteiger partial charge in [0.2, 0.25) is 0 Å². The number of hydrogen-bond donors (Lipinski definition) is 0.